The minimum Gasteiger partial charge on any atom is -0.348 e. The molecule has 0 bridgehead atoms. The van der Waals surface area contributed by atoms with Gasteiger partial charge in [-0.25, -0.2) is 0 Å². The highest BCUT2D eigenvalue weighted by molar-refractivity contribution is 5.77. The summed E-state index contributed by atoms with van der Waals surface area (Å²) in [7, 11) is 0. The molecule has 0 saturated heterocycles. The summed E-state index contributed by atoms with van der Waals surface area (Å²) in [4.78, 5) is 14.7. The van der Waals surface area contributed by atoms with Crippen molar-refractivity contribution in [1.82, 2.24) is 14.7 Å². The Kier molecular flexibility index (Phi) is 2.85. The molecule has 2 rings (SSSR count). The van der Waals surface area contributed by atoms with Gasteiger partial charge in [-0.15, -0.1) is 0 Å². The number of carbonyl (C=O) groups excluding carboxylic acids is 1. The van der Waals surface area contributed by atoms with Crippen molar-refractivity contribution in [2.45, 2.75) is 26.8 Å². The first kappa shape index (κ1) is 10.6. The molecular formula is C11H13N3O2. The molecule has 84 valence electrons. The predicted molar refractivity (Wildman–Crippen MR) is 57.3 cm³/mol. The SMILES string of the molecule is Cc1cc(C=O)c(C)n1CCc1ncno1. The molecule has 2 aromatic rings. The largest absolute Gasteiger partial charge is 0.348 e. The van der Waals surface area contributed by atoms with Gasteiger partial charge in [-0.3, -0.25) is 4.79 Å². The lowest BCUT2D eigenvalue weighted by atomic mass is 10.3. The van der Waals surface area contributed by atoms with Gasteiger partial charge in [0.15, 0.2) is 12.6 Å². The first-order valence-electron chi connectivity index (χ1n) is 5.10. The van der Waals surface area contributed by atoms with Crippen LogP contribution in [0.4, 0.5) is 0 Å². The van der Waals surface area contributed by atoms with Crippen LogP contribution in [0.2, 0.25) is 0 Å². The molecule has 16 heavy (non-hydrogen) atoms. The van der Waals surface area contributed by atoms with Crippen molar-refractivity contribution in [3.63, 3.8) is 0 Å². The summed E-state index contributed by atoms with van der Waals surface area (Å²) in [6.07, 6.45) is 2.95. The maximum atomic E-state index is 10.8. The summed E-state index contributed by atoms with van der Waals surface area (Å²) in [5.41, 5.74) is 2.79. The molecule has 0 amide bonds. The first-order valence-corrected chi connectivity index (χ1v) is 5.10. The number of nitrogens with zero attached hydrogens (tertiary/aromatic N) is 3. The smallest absolute Gasteiger partial charge is 0.228 e. The minimum atomic E-state index is 0.611. The third-order valence-electron chi connectivity index (χ3n) is 2.70. The number of aldehydes is 1. The molecule has 5 nitrogen and oxygen atoms in total. The van der Waals surface area contributed by atoms with E-state index in [4.69, 9.17) is 4.52 Å². The average Bonchev–Trinajstić information content (AvgIpc) is 2.86. The molecule has 2 heterocycles. The van der Waals surface area contributed by atoms with Crippen molar-refractivity contribution in [3.8, 4) is 0 Å². The Bertz CT molecular complexity index is 486. The van der Waals surface area contributed by atoms with E-state index in [1.54, 1.807) is 0 Å². The molecule has 0 saturated carbocycles. The molecule has 0 N–H and O–H groups in total. The van der Waals surface area contributed by atoms with Gasteiger partial charge in [-0.05, 0) is 19.9 Å². The van der Waals surface area contributed by atoms with Crippen LogP contribution in [-0.2, 0) is 13.0 Å². The van der Waals surface area contributed by atoms with Gasteiger partial charge in [0.1, 0.15) is 0 Å². The maximum Gasteiger partial charge on any atom is 0.228 e. The average molecular weight is 219 g/mol. The summed E-state index contributed by atoms with van der Waals surface area (Å²) in [6, 6.07) is 1.89. The molecule has 0 aliphatic heterocycles. The molecule has 0 spiro atoms. The molecular weight excluding hydrogens is 206 g/mol. The third kappa shape index (κ3) is 1.88. The van der Waals surface area contributed by atoms with Gasteiger partial charge in [0.25, 0.3) is 0 Å². The lowest BCUT2D eigenvalue weighted by molar-refractivity contribution is 0.112. The van der Waals surface area contributed by atoms with Crippen molar-refractivity contribution >= 4 is 6.29 Å². The second-order valence-electron chi connectivity index (χ2n) is 3.68. The summed E-state index contributed by atoms with van der Waals surface area (Å²) < 4.78 is 7.00. The van der Waals surface area contributed by atoms with Gasteiger partial charge in [-0.1, -0.05) is 5.16 Å². The summed E-state index contributed by atoms with van der Waals surface area (Å²) >= 11 is 0. The van der Waals surface area contributed by atoms with Crippen LogP contribution >= 0.6 is 0 Å². The minimum absolute atomic E-state index is 0.611. The van der Waals surface area contributed by atoms with Gasteiger partial charge in [0.2, 0.25) is 5.89 Å². The second kappa shape index (κ2) is 4.30. The molecule has 0 aliphatic rings. The van der Waals surface area contributed by atoms with E-state index in [0.29, 0.717) is 12.3 Å². The van der Waals surface area contributed by atoms with Gasteiger partial charge >= 0.3 is 0 Å². The van der Waals surface area contributed by atoms with E-state index in [-0.39, 0.29) is 0 Å². The molecule has 0 fully saturated rings. The fraction of sp³-hybridized carbons (Fsp3) is 0.364. The number of hydrogen-bond donors (Lipinski definition) is 0. The highest BCUT2D eigenvalue weighted by Gasteiger charge is 2.09. The van der Waals surface area contributed by atoms with Crippen molar-refractivity contribution in [2.75, 3.05) is 0 Å². The van der Waals surface area contributed by atoms with Crippen LogP contribution in [0.15, 0.2) is 16.9 Å². The normalized spacial score (nSPS) is 10.6. The van der Waals surface area contributed by atoms with Crippen LogP contribution in [0.1, 0.15) is 27.6 Å². The molecule has 5 heteroatoms. The zero-order valence-corrected chi connectivity index (χ0v) is 9.30. The number of aromatic nitrogens is 3. The van der Waals surface area contributed by atoms with Gasteiger partial charge in [0.05, 0.1) is 0 Å². The van der Waals surface area contributed by atoms with Crippen LogP contribution in [-0.4, -0.2) is 21.0 Å². The topological polar surface area (TPSA) is 60.9 Å². The standard InChI is InChI=1S/C11H13N3O2/c1-8-5-10(6-15)9(2)14(8)4-3-11-12-7-13-16-11/h5-7H,3-4H2,1-2H3. The van der Waals surface area contributed by atoms with E-state index in [1.807, 2.05) is 19.9 Å². The lowest BCUT2D eigenvalue weighted by Crippen LogP contribution is -2.05. The lowest BCUT2D eigenvalue weighted by Gasteiger charge is -2.06. The fourth-order valence-corrected chi connectivity index (χ4v) is 1.80. The Labute approximate surface area is 93.1 Å². The fourth-order valence-electron chi connectivity index (χ4n) is 1.80. The quantitative estimate of drug-likeness (QED) is 0.732. The van der Waals surface area contributed by atoms with Crippen molar-refractivity contribution in [1.29, 1.82) is 0 Å². The molecule has 0 unspecified atom stereocenters. The third-order valence-corrected chi connectivity index (χ3v) is 2.70. The summed E-state index contributed by atoms with van der Waals surface area (Å²) in [5.74, 6) is 0.611. The molecule has 0 aliphatic carbocycles. The van der Waals surface area contributed by atoms with Gasteiger partial charge < -0.3 is 9.09 Å². The van der Waals surface area contributed by atoms with Crippen LogP contribution in [0.25, 0.3) is 0 Å². The van der Waals surface area contributed by atoms with Crippen LogP contribution in [0, 0.1) is 13.8 Å². The van der Waals surface area contributed by atoms with Crippen molar-refractivity contribution < 1.29 is 9.32 Å². The van der Waals surface area contributed by atoms with Gasteiger partial charge in [0, 0.05) is 29.9 Å². The number of hydrogen-bond acceptors (Lipinski definition) is 4. The van der Waals surface area contributed by atoms with E-state index in [1.165, 1.54) is 6.33 Å². The Morgan fingerprint density at radius 3 is 2.88 bits per heavy atom. The first-order chi connectivity index (χ1) is 7.72. The van der Waals surface area contributed by atoms with E-state index < -0.39 is 0 Å². The highest BCUT2D eigenvalue weighted by Crippen LogP contribution is 2.13. The van der Waals surface area contributed by atoms with Crippen LogP contribution in [0.5, 0.6) is 0 Å². The Morgan fingerprint density at radius 2 is 2.31 bits per heavy atom. The monoisotopic (exact) mass is 219 g/mol. The van der Waals surface area contributed by atoms with Crippen molar-refractivity contribution in [2.24, 2.45) is 0 Å². The second-order valence-corrected chi connectivity index (χ2v) is 3.68. The Hall–Kier alpha value is -1.91. The number of aryl methyl sites for hydroxylation is 2. The molecule has 0 atom stereocenters. The van der Waals surface area contributed by atoms with Crippen LogP contribution < -0.4 is 0 Å². The zero-order chi connectivity index (χ0) is 11.5. The zero-order valence-electron chi connectivity index (χ0n) is 9.30. The summed E-state index contributed by atoms with van der Waals surface area (Å²) in [6.45, 7) is 4.66. The predicted octanol–water partition coefficient (Wildman–Crippen LogP) is 1.54. The van der Waals surface area contributed by atoms with Crippen LogP contribution in [0.3, 0.4) is 0 Å². The Morgan fingerprint density at radius 1 is 1.50 bits per heavy atom. The molecule has 2 aromatic heterocycles. The summed E-state index contributed by atoms with van der Waals surface area (Å²) in [5, 5.41) is 3.55. The maximum absolute atomic E-state index is 10.8. The van der Waals surface area contributed by atoms with E-state index >= 15 is 0 Å². The highest BCUT2D eigenvalue weighted by atomic mass is 16.5. The van der Waals surface area contributed by atoms with E-state index in [9.17, 15) is 4.79 Å². The molecule has 0 aromatic carbocycles. The van der Waals surface area contributed by atoms with E-state index in [2.05, 4.69) is 14.7 Å². The number of rotatable bonds is 4. The molecule has 0 radical (unpaired) electrons. The van der Waals surface area contributed by atoms with E-state index in [0.717, 1.165) is 29.8 Å². The van der Waals surface area contributed by atoms with Crippen molar-refractivity contribution in [3.05, 3.63) is 35.2 Å². The van der Waals surface area contributed by atoms with Gasteiger partial charge in [-0.2, -0.15) is 4.98 Å². The Balaban J connectivity index is 2.15. The number of carbonyl (C=O) groups is 1.